The quantitative estimate of drug-likeness (QED) is 0.867. The highest BCUT2D eigenvalue weighted by Gasteiger charge is 2.23. The van der Waals surface area contributed by atoms with E-state index in [1.54, 1.807) is 0 Å². The molecule has 4 nitrogen and oxygen atoms in total. The molecule has 1 heterocycles. The minimum absolute atomic E-state index is 0.0593. The van der Waals surface area contributed by atoms with Gasteiger partial charge >= 0.3 is 0 Å². The Morgan fingerprint density at radius 2 is 1.90 bits per heavy atom. The summed E-state index contributed by atoms with van der Waals surface area (Å²) in [4.78, 5) is 11.9. The summed E-state index contributed by atoms with van der Waals surface area (Å²) in [6.07, 6.45) is 2.14. The maximum Gasteiger partial charge on any atom is 0.138 e. The van der Waals surface area contributed by atoms with E-state index in [4.69, 9.17) is 9.97 Å². The van der Waals surface area contributed by atoms with Crippen LogP contribution < -0.4 is 10.2 Å². The molecule has 5 heteroatoms. The molecule has 0 saturated carbocycles. The molecule has 1 N–H and O–H groups in total. The van der Waals surface area contributed by atoms with Crippen LogP contribution in [0.4, 0.5) is 11.6 Å². The van der Waals surface area contributed by atoms with E-state index in [0.717, 1.165) is 35.3 Å². The summed E-state index contributed by atoms with van der Waals surface area (Å²) in [6.45, 7) is 13.8. The molecular weight excluding hydrogens is 280 g/mol. The third-order valence-electron chi connectivity index (χ3n) is 3.54. The van der Waals surface area contributed by atoms with E-state index >= 15 is 0 Å². The second kappa shape index (κ2) is 7.34. The molecule has 1 rings (SSSR count). The molecule has 0 bridgehead atoms. The minimum Gasteiger partial charge on any atom is -0.370 e. The molecular formula is C16H30N4S. The van der Waals surface area contributed by atoms with Crippen molar-refractivity contribution in [2.75, 3.05) is 35.8 Å². The number of thioether (sulfide) groups is 1. The van der Waals surface area contributed by atoms with Crippen LogP contribution in [0.15, 0.2) is 0 Å². The fourth-order valence-electron chi connectivity index (χ4n) is 2.08. The van der Waals surface area contributed by atoms with Crippen molar-refractivity contribution in [3.63, 3.8) is 0 Å². The van der Waals surface area contributed by atoms with Crippen LogP contribution in [0, 0.1) is 6.92 Å². The Kier molecular flexibility index (Phi) is 6.32. The van der Waals surface area contributed by atoms with Crippen LogP contribution in [0.25, 0.3) is 0 Å². The van der Waals surface area contributed by atoms with Crippen LogP contribution in [0.5, 0.6) is 0 Å². The van der Waals surface area contributed by atoms with Gasteiger partial charge in [0, 0.05) is 36.4 Å². The molecule has 120 valence electrons. The molecule has 0 aromatic carbocycles. The van der Waals surface area contributed by atoms with Gasteiger partial charge in [0.2, 0.25) is 0 Å². The van der Waals surface area contributed by atoms with Gasteiger partial charge in [-0.2, -0.15) is 11.8 Å². The van der Waals surface area contributed by atoms with Crippen molar-refractivity contribution in [1.82, 2.24) is 9.97 Å². The molecule has 0 aliphatic heterocycles. The van der Waals surface area contributed by atoms with Crippen LogP contribution in [0.2, 0.25) is 0 Å². The first-order chi connectivity index (χ1) is 9.72. The van der Waals surface area contributed by atoms with Gasteiger partial charge in [0.15, 0.2) is 0 Å². The molecule has 0 amide bonds. The predicted molar refractivity (Wildman–Crippen MR) is 95.9 cm³/mol. The van der Waals surface area contributed by atoms with Crippen LogP contribution in [0.3, 0.4) is 0 Å². The van der Waals surface area contributed by atoms with Crippen LogP contribution >= 0.6 is 11.8 Å². The zero-order valence-corrected chi connectivity index (χ0v) is 15.6. The zero-order valence-electron chi connectivity index (χ0n) is 14.7. The number of anilines is 2. The molecule has 0 saturated heterocycles. The Morgan fingerprint density at radius 1 is 1.29 bits per heavy atom. The van der Waals surface area contributed by atoms with E-state index in [1.807, 2.05) is 11.8 Å². The normalized spacial score (nSPS) is 13.1. The first-order valence-electron chi connectivity index (χ1n) is 7.57. The van der Waals surface area contributed by atoms with E-state index in [2.05, 4.69) is 65.1 Å². The second-order valence-corrected chi connectivity index (χ2v) is 7.45. The molecule has 1 aromatic heterocycles. The van der Waals surface area contributed by atoms with E-state index in [-0.39, 0.29) is 5.41 Å². The van der Waals surface area contributed by atoms with Crippen molar-refractivity contribution in [3.05, 3.63) is 11.4 Å². The maximum absolute atomic E-state index is 4.86. The van der Waals surface area contributed by atoms with Crippen molar-refractivity contribution >= 4 is 23.4 Å². The Labute approximate surface area is 134 Å². The van der Waals surface area contributed by atoms with Gasteiger partial charge in [-0.05, 0) is 27.0 Å². The van der Waals surface area contributed by atoms with Gasteiger partial charge in [0.1, 0.15) is 17.5 Å². The van der Waals surface area contributed by atoms with Gasteiger partial charge in [0.25, 0.3) is 0 Å². The third-order valence-corrected chi connectivity index (χ3v) is 4.35. The lowest BCUT2D eigenvalue weighted by atomic mass is 9.95. The highest BCUT2D eigenvalue weighted by Crippen LogP contribution is 2.29. The number of hydrogen-bond acceptors (Lipinski definition) is 5. The van der Waals surface area contributed by atoms with E-state index < -0.39 is 0 Å². The van der Waals surface area contributed by atoms with E-state index in [0.29, 0.717) is 6.04 Å². The third kappa shape index (κ3) is 4.50. The summed E-state index contributed by atoms with van der Waals surface area (Å²) in [5.41, 5.74) is 1.07. The molecule has 0 spiro atoms. The smallest absolute Gasteiger partial charge is 0.138 e. The average molecular weight is 311 g/mol. The summed E-state index contributed by atoms with van der Waals surface area (Å²) < 4.78 is 0. The number of rotatable bonds is 6. The molecule has 21 heavy (non-hydrogen) atoms. The van der Waals surface area contributed by atoms with Gasteiger partial charge < -0.3 is 10.2 Å². The SMILES string of the molecule is CCNc1nc(C(C)(C)C)nc(N(C)C(C)CSC)c1C. The summed E-state index contributed by atoms with van der Waals surface area (Å²) in [5.74, 6) is 3.96. The zero-order chi connectivity index (χ0) is 16.2. The summed E-state index contributed by atoms with van der Waals surface area (Å²) in [7, 11) is 2.12. The first kappa shape index (κ1) is 18.1. The maximum atomic E-state index is 4.86. The largest absolute Gasteiger partial charge is 0.370 e. The Bertz CT molecular complexity index is 468. The topological polar surface area (TPSA) is 41.1 Å². The lowest BCUT2D eigenvalue weighted by molar-refractivity contribution is 0.543. The standard InChI is InChI=1S/C16H30N4S/c1-9-17-13-12(3)14(20(7)11(2)10-21-8)19-15(18-13)16(4,5)6/h11H,9-10H2,1-8H3,(H,17,18,19). The van der Waals surface area contributed by atoms with Crippen LogP contribution in [-0.4, -0.2) is 41.6 Å². The van der Waals surface area contributed by atoms with Gasteiger partial charge in [-0.3, -0.25) is 0 Å². The molecule has 0 aliphatic rings. The summed E-state index contributed by atoms with van der Waals surface area (Å²) >= 11 is 1.86. The van der Waals surface area contributed by atoms with E-state index in [1.165, 1.54) is 0 Å². The number of nitrogens with zero attached hydrogens (tertiary/aromatic N) is 3. The highest BCUT2D eigenvalue weighted by molar-refractivity contribution is 7.98. The molecule has 0 fully saturated rings. The van der Waals surface area contributed by atoms with Crippen LogP contribution in [-0.2, 0) is 5.41 Å². The van der Waals surface area contributed by atoms with Gasteiger partial charge in [-0.1, -0.05) is 20.8 Å². The fourth-order valence-corrected chi connectivity index (χ4v) is 2.79. The van der Waals surface area contributed by atoms with Gasteiger partial charge in [-0.15, -0.1) is 0 Å². The Morgan fingerprint density at radius 3 is 2.38 bits per heavy atom. The molecule has 1 aromatic rings. The number of aromatic nitrogens is 2. The Hall–Kier alpha value is -0.970. The second-order valence-electron chi connectivity index (χ2n) is 6.54. The van der Waals surface area contributed by atoms with Crippen molar-refractivity contribution in [2.24, 2.45) is 0 Å². The summed E-state index contributed by atoms with van der Waals surface area (Å²) in [5, 5.41) is 3.37. The lowest BCUT2D eigenvalue weighted by Gasteiger charge is -2.29. The van der Waals surface area contributed by atoms with Gasteiger partial charge in [0.05, 0.1) is 0 Å². The van der Waals surface area contributed by atoms with Crippen molar-refractivity contribution in [3.8, 4) is 0 Å². The van der Waals surface area contributed by atoms with Crippen molar-refractivity contribution in [2.45, 2.75) is 53.0 Å². The van der Waals surface area contributed by atoms with Crippen molar-refractivity contribution < 1.29 is 0 Å². The Balaban J connectivity index is 3.32. The molecule has 0 radical (unpaired) electrons. The van der Waals surface area contributed by atoms with Gasteiger partial charge in [-0.25, -0.2) is 9.97 Å². The van der Waals surface area contributed by atoms with E-state index in [9.17, 15) is 0 Å². The van der Waals surface area contributed by atoms with Crippen LogP contribution in [0.1, 0.15) is 46.0 Å². The van der Waals surface area contributed by atoms with Crippen molar-refractivity contribution in [1.29, 1.82) is 0 Å². The number of hydrogen-bond donors (Lipinski definition) is 1. The fraction of sp³-hybridized carbons (Fsp3) is 0.750. The number of nitrogens with one attached hydrogen (secondary N) is 1. The highest BCUT2D eigenvalue weighted by atomic mass is 32.2. The minimum atomic E-state index is -0.0593. The average Bonchev–Trinajstić information content (AvgIpc) is 2.39. The molecule has 1 atom stereocenters. The monoisotopic (exact) mass is 310 g/mol. The first-order valence-corrected chi connectivity index (χ1v) is 8.96. The molecule has 0 aliphatic carbocycles. The lowest BCUT2D eigenvalue weighted by Crippen LogP contribution is -2.33. The summed E-state index contributed by atoms with van der Waals surface area (Å²) in [6, 6.07) is 0.441. The molecule has 1 unspecified atom stereocenters. The predicted octanol–water partition coefficient (Wildman–Crippen LogP) is 3.70.